The number of rotatable bonds is 2. The second-order valence-electron chi connectivity index (χ2n) is 6.28. The number of allylic oxidation sites excluding steroid dienone is 1. The summed E-state index contributed by atoms with van der Waals surface area (Å²) >= 11 is 0. The van der Waals surface area contributed by atoms with Gasteiger partial charge < -0.3 is 10.6 Å². The van der Waals surface area contributed by atoms with E-state index in [9.17, 15) is 4.79 Å². The van der Waals surface area contributed by atoms with E-state index in [0.29, 0.717) is 0 Å². The van der Waals surface area contributed by atoms with Gasteiger partial charge in [-0.15, -0.1) is 0 Å². The lowest BCUT2D eigenvalue weighted by atomic mass is 9.83. The first-order chi connectivity index (χ1) is 11.8. The molecule has 0 saturated heterocycles. The van der Waals surface area contributed by atoms with Crippen LogP contribution in [0.25, 0.3) is 6.08 Å². The Kier molecular flexibility index (Phi) is 3.91. The van der Waals surface area contributed by atoms with Crippen molar-refractivity contribution >= 4 is 12.1 Å². The van der Waals surface area contributed by atoms with Crippen LogP contribution in [0.3, 0.4) is 0 Å². The lowest BCUT2D eigenvalue weighted by Crippen LogP contribution is -2.45. The first-order valence-corrected chi connectivity index (χ1v) is 8.43. The standard InChI is InChI=1S/C21H20N2O/c24-21-22-19(16-10-5-2-6-11-16)18-13-7-12-17(20(18)23-21)14-15-8-3-1-4-9-15/h1-6,8-11,14,19H,7,12-13H2,(H2,22,23,24)/t19-/m1/s1. The van der Waals surface area contributed by atoms with E-state index in [2.05, 4.69) is 41.0 Å². The second-order valence-corrected chi connectivity index (χ2v) is 6.28. The van der Waals surface area contributed by atoms with Gasteiger partial charge in [0.05, 0.1) is 6.04 Å². The predicted molar refractivity (Wildman–Crippen MR) is 96.1 cm³/mol. The van der Waals surface area contributed by atoms with E-state index >= 15 is 0 Å². The summed E-state index contributed by atoms with van der Waals surface area (Å²) in [4.78, 5) is 12.2. The van der Waals surface area contributed by atoms with Gasteiger partial charge in [0.2, 0.25) is 0 Å². The van der Waals surface area contributed by atoms with Crippen molar-refractivity contribution in [2.24, 2.45) is 0 Å². The van der Waals surface area contributed by atoms with Gasteiger partial charge in [-0.2, -0.15) is 0 Å². The van der Waals surface area contributed by atoms with E-state index in [1.165, 1.54) is 16.7 Å². The summed E-state index contributed by atoms with van der Waals surface area (Å²) in [5, 5.41) is 6.13. The average molecular weight is 316 g/mol. The van der Waals surface area contributed by atoms with Crippen LogP contribution in [-0.2, 0) is 0 Å². The van der Waals surface area contributed by atoms with Gasteiger partial charge in [0, 0.05) is 5.70 Å². The van der Waals surface area contributed by atoms with Gasteiger partial charge in [0.15, 0.2) is 0 Å². The van der Waals surface area contributed by atoms with Gasteiger partial charge in [0.1, 0.15) is 0 Å². The van der Waals surface area contributed by atoms with E-state index < -0.39 is 0 Å². The van der Waals surface area contributed by atoms with Crippen LogP contribution in [0, 0.1) is 0 Å². The summed E-state index contributed by atoms with van der Waals surface area (Å²) in [6, 6.07) is 20.3. The van der Waals surface area contributed by atoms with Crippen LogP contribution in [-0.4, -0.2) is 6.03 Å². The number of urea groups is 1. The van der Waals surface area contributed by atoms with E-state index in [0.717, 1.165) is 30.5 Å². The van der Waals surface area contributed by atoms with Crippen molar-refractivity contribution in [1.29, 1.82) is 0 Å². The van der Waals surface area contributed by atoms with Crippen LogP contribution in [0.15, 0.2) is 77.5 Å². The quantitative estimate of drug-likeness (QED) is 0.837. The highest BCUT2D eigenvalue weighted by atomic mass is 16.2. The fourth-order valence-electron chi connectivity index (χ4n) is 3.57. The molecular formula is C21H20N2O. The fourth-order valence-corrected chi connectivity index (χ4v) is 3.57. The van der Waals surface area contributed by atoms with Crippen molar-refractivity contribution in [2.45, 2.75) is 25.3 Å². The molecule has 1 aliphatic heterocycles. The zero-order valence-electron chi connectivity index (χ0n) is 13.5. The van der Waals surface area contributed by atoms with Gasteiger partial charge in [-0.25, -0.2) is 4.79 Å². The fraction of sp³-hybridized carbons (Fsp3) is 0.190. The van der Waals surface area contributed by atoms with Crippen molar-refractivity contribution in [3.05, 3.63) is 88.6 Å². The van der Waals surface area contributed by atoms with E-state index in [-0.39, 0.29) is 12.1 Å². The third-order valence-electron chi connectivity index (χ3n) is 4.67. The summed E-state index contributed by atoms with van der Waals surface area (Å²) in [5.41, 5.74) is 5.83. The van der Waals surface area contributed by atoms with Gasteiger partial charge in [0.25, 0.3) is 0 Å². The zero-order valence-corrected chi connectivity index (χ0v) is 13.5. The number of carbonyl (C=O) groups is 1. The molecule has 0 saturated carbocycles. The monoisotopic (exact) mass is 316 g/mol. The Labute approximate surface area is 142 Å². The molecule has 4 rings (SSSR count). The lowest BCUT2D eigenvalue weighted by molar-refractivity contribution is 0.238. The normalized spacial score (nSPS) is 21.9. The molecule has 2 amide bonds. The van der Waals surface area contributed by atoms with Crippen molar-refractivity contribution in [1.82, 2.24) is 10.6 Å². The number of nitrogens with one attached hydrogen (secondary N) is 2. The lowest BCUT2D eigenvalue weighted by Gasteiger charge is -2.34. The molecule has 24 heavy (non-hydrogen) atoms. The molecule has 2 aliphatic rings. The van der Waals surface area contributed by atoms with Crippen molar-refractivity contribution < 1.29 is 4.79 Å². The minimum atomic E-state index is -0.122. The Bertz CT molecular complexity index is 806. The molecule has 0 bridgehead atoms. The van der Waals surface area contributed by atoms with Gasteiger partial charge >= 0.3 is 6.03 Å². The minimum absolute atomic E-state index is 0.0329. The summed E-state index contributed by atoms with van der Waals surface area (Å²) in [7, 11) is 0. The molecule has 0 unspecified atom stereocenters. The molecule has 3 nitrogen and oxygen atoms in total. The van der Waals surface area contributed by atoms with Crippen LogP contribution in [0.5, 0.6) is 0 Å². The minimum Gasteiger partial charge on any atom is -0.327 e. The van der Waals surface area contributed by atoms with Gasteiger partial charge in [-0.3, -0.25) is 0 Å². The topological polar surface area (TPSA) is 41.1 Å². The Morgan fingerprint density at radius 1 is 0.917 bits per heavy atom. The maximum absolute atomic E-state index is 12.2. The summed E-state index contributed by atoms with van der Waals surface area (Å²) in [6.07, 6.45) is 5.31. The van der Waals surface area contributed by atoms with E-state index in [4.69, 9.17) is 0 Å². The Balaban J connectivity index is 1.77. The van der Waals surface area contributed by atoms with Crippen molar-refractivity contribution in [3.63, 3.8) is 0 Å². The first kappa shape index (κ1) is 14.8. The number of benzene rings is 2. The van der Waals surface area contributed by atoms with E-state index in [1.54, 1.807) is 0 Å². The number of hydrogen-bond acceptors (Lipinski definition) is 1. The summed E-state index contributed by atoms with van der Waals surface area (Å²) in [5.74, 6) is 0. The number of carbonyl (C=O) groups excluding carboxylic acids is 1. The van der Waals surface area contributed by atoms with Crippen molar-refractivity contribution in [2.75, 3.05) is 0 Å². The molecule has 0 spiro atoms. The molecule has 0 radical (unpaired) electrons. The zero-order chi connectivity index (χ0) is 16.4. The highest BCUT2D eigenvalue weighted by Crippen LogP contribution is 2.38. The first-order valence-electron chi connectivity index (χ1n) is 8.43. The van der Waals surface area contributed by atoms with Crippen LogP contribution >= 0.6 is 0 Å². The average Bonchev–Trinajstić information content (AvgIpc) is 2.63. The summed E-state index contributed by atoms with van der Waals surface area (Å²) in [6.45, 7) is 0. The molecule has 2 aromatic rings. The van der Waals surface area contributed by atoms with Crippen LogP contribution in [0.2, 0.25) is 0 Å². The molecule has 1 heterocycles. The van der Waals surface area contributed by atoms with Gasteiger partial charge in [-0.05, 0) is 47.6 Å². The molecule has 2 N–H and O–H groups in total. The molecule has 1 aliphatic carbocycles. The molecule has 0 aromatic heterocycles. The Morgan fingerprint density at radius 3 is 2.38 bits per heavy atom. The Hall–Kier alpha value is -2.81. The van der Waals surface area contributed by atoms with Crippen LogP contribution in [0.4, 0.5) is 4.79 Å². The third-order valence-corrected chi connectivity index (χ3v) is 4.67. The van der Waals surface area contributed by atoms with E-state index in [1.807, 2.05) is 36.4 Å². The molecule has 120 valence electrons. The molecule has 0 fully saturated rings. The van der Waals surface area contributed by atoms with Crippen molar-refractivity contribution in [3.8, 4) is 0 Å². The molecule has 3 heteroatoms. The van der Waals surface area contributed by atoms with Crippen LogP contribution < -0.4 is 10.6 Å². The highest BCUT2D eigenvalue weighted by molar-refractivity contribution is 5.81. The van der Waals surface area contributed by atoms with Gasteiger partial charge in [-0.1, -0.05) is 60.7 Å². The maximum atomic E-state index is 12.2. The highest BCUT2D eigenvalue weighted by Gasteiger charge is 2.31. The SMILES string of the molecule is O=C1NC2=C(CCCC2=Cc2ccccc2)[C@@H](c2ccccc2)N1. The maximum Gasteiger partial charge on any atom is 0.319 e. The summed E-state index contributed by atoms with van der Waals surface area (Å²) < 4.78 is 0. The smallest absolute Gasteiger partial charge is 0.319 e. The second kappa shape index (κ2) is 6.36. The predicted octanol–water partition coefficient (Wildman–Crippen LogP) is 4.56. The molecule has 2 aromatic carbocycles. The largest absolute Gasteiger partial charge is 0.327 e. The third kappa shape index (κ3) is 2.85. The molecular weight excluding hydrogens is 296 g/mol. The Morgan fingerprint density at radius 2 is 1.62 bits per heavy atom. The van der Waals surface area contributed by atoms with Crippen LogP contribution in [0.1, 0.15) is 36.4 Å². The molecule has 1 atom stereocenters. The number of hydrogen-bond donors (Lipinski definition) is 2. The number of amides is 2.